The molecule has 0 aliphatic carbocycles. The Morgan fingerprint density at radius 2 is 2.32 bits per heavy atom. The zero-order valence-electron chi connectivity index (χ0n) is 12.2. The zero-order chi connectivity index (χ0) is 14.7. The maximum atomic E-state index is 13.1. The van der Waals surface area contributed by atoms with Crippen LogP contribution in [0, 0.1) is 5.82 Å². The highest BCUT2D eigenvalue weighted by Gasteiger charge is 2.12. The first-order valence-corrected chi connectivity index (χ1v) is 6.86. The van der Waals surface area contributed by atoms with Gasteiger partial charge >= 0.3 is 0 Å². The highest BCUT2D eigenvalue weighted by Crippen LogP contribution is 2.05. The van der Waals surface area contributed by atoms with Gasteiger partial charge in [-0.3, -0.25) is 4.99 Å². The maximum Gasteiger partial charge on any atom is 0.191 e. The van der Waals surface area contributed by atoms with Crippen LogP contribution >= 0.6 is 24.0 Å². The van der Waals surface area contributed by atoms with E-state index in [1.165, 1.54) is 12.1 Å². The Balaban J connectivity index is 0.00000176. The summed E-state index contributed by atoms with van der Waals surface area (Å²) in [4.78, 5) is 8.53. The molecule has 1 aliphatic heterocycles. The van der Waals surface area contributed by atoms with Crippen molar-refractivity contribution in [1.29, 1.82) is 0 Å². The summed E-state index contributed by atoms with van der Waals surface area (Å²) >= 11 is 0. The van der Waals surface area contributed by atoms with Gasteiger partial charge in [0.1, 0.15) is 12.1 Å². The van der Waals surface area contributed by atoms with Crippen LogP contribution < -0.4 is 10.6 Å². The quantitative estimate of drug-likeness (QED) is 0.742. The Labute approximate surface area is 145 Å². The molecule has 0 saturated carbocycles. The summed E-state index contributed by atoms with van der Waals surface area (Å²) in [6, 6.07) is 6.84. The van der Waals surface area contributed by atoms with Crippen molar-refractivity contribution in [1.82, 2.24) is 25.4 Å². The van der Waals surface area contributed by atoms with E-state index in [0.29, 0.717) is 25.0 Å². The molecular formula is C14H18FIN6. The summed E-state index contributed by atoms with van der Waals surface area (Å²) in [7, 11) is 0. The van der Waals surface area contributed by atoms with E-state index in [4.69, 9.17) is 0 Å². The number of nitrogens with zero attached hydrogens (tertiary/aromatic N) is 4. The van der Waals surface area contributed by atoms with Gasteiger partial charge in [0.15, 0.2) is 11.8 Å². The largest absolute Gasteiger partial charge is 0.352 e. The van der Waals surface area contributed by atoms with Gasteiger partial charge in [-0.05, 0) is 24.6 Å². The van der Waals surface area contributed by atoms with E-state index in [0.717, 1.165) is 18.1 Å². The van der Waals surface area contributed by atoms with Crippen molar-refractivity contribution >= 4 is 29.9 Å². The lowest BCUT2D eigenvalue weighted by Gasteiger charge is -2.06. The lowest BCUT2D eigenvalue weighted by molar-refractivity contribution is 0.617. The van der Waals surface area contributed by atoms with Crippen LogP contribution in [-0.4, -0.2) is 33.3 Å². The standard InChI is InChI=1S/C14H17FN6.HI/c1-10-6-16-14(19-10)17-7-13-18-9-21(20-13)8-11-3-2-4-12(15)5-11;/h2-5,9-10H,6-8H2,1H3,(H2,16,17,19);1H. The van der Waals surface area contributed by atoms with E-state index < -0.39 is 0 Å². The van der Waals surface area contributed by atoms with E-state index in [2.05, 4.69) is 32.6 Å². The lowest BCUT2D eigenvalue weighted by atomic mass is 10.2. The molecule has 0 radical (unpaired) electrons. The highest BCUT2D eigenvalue weighted by atomic mass is 127. The number of halogens is 2. The SMILES string of the molecule is CC1CN=C(NCc2ncn(Cc3cccc(F)c3)n2)N1.I. The minimum absolute atomic E-state index is 0. The third-order valence-corrected chi connectivity index (χ3v) is 3.14. The molecule has 8 heteroatoms. The van der Waals surface area contributed by atoms with Gasteiger partial charge in [-0.15, -0.1) is 24.0 Å². The molecule has 2 heterocycles. The first-order valence-electron chi connectivity index (χ1n) is 6.86. The van der Waals surface area contributed by atoms with Crippen molar-refractivity contribution < 1.29 is 4.39 Å². The molecule has 3 rings (SSSR count). The molecule has 118 valence electrons. The van der Waals surface area contributed by atoms with Crippen molar-refractivity contribution in [3.05, 3.63) is 47.8 Å². The topological polar surface area (TPSA) is 67.1 Å². The second-order valence-corrected chi connectivity index (χ2v) is 5.08. The molecule has 0 bridgehead atoms. The molecule has 1 aromatic carbocycles. The number of guanidine groups is 1. The van der Waals surface area contributed by atoms with E-state index in [9.17, 15) is 4.39 Å². The van der Waals surface area contributed by atoms with Gasteiger partial charge in [0, 0.05) is 6.04 Å². The Morgan fingerprint density at radius 3 is 3.05 bits per heavy atom. The van der Waals surface area contributed by atoms with Crippen LogP contribution in [0.2, 0.25) is 0 Å². The second-order valence-electron chi connectivity index (χ2n) is 5.08. The van der Waals surface area contributed by atoms with Crippen molar-refractivity contribution in [2.45, 2.75) is 26.1 Å². The van der Waals surface area contributed by atoms with Crippen LogP contribution in [0.25, 0.3) is 0 Å². The van der Waals surface area contributed by atoms with Crippen molar-refractivity contribution in [3.8, 4) is 0 Å². The van der Waals surface area contributed by atoms with E-state index in [1.807, 2.05) is 6.07 Å². The Kier molecular flexibility index (Phi) is 5.69. The van der Waals surface area contributed by atoms with E-state index in [-0.39, 0.29) is 29.8 Å². The zero-order valence-corrected chi connectivity index (χ0v) is 14.5. The van der Waals surface area contributed by atoms with E-state index >= 15 is 0 Å². The third-order valence-electron chi connectivity index (χ3n) is 3.14. The van der Waals surface area contributed by atoms with Gasteiger partial charge in [0.2, 0.25) is 0 Å². The molecular weight excluding hydrogens is 398 g/mol. The van der Waals surface area contributed by atoms with Gasteiger partial charge in [0.25, 0.3) is 0 Å². The predicted molar refractivity (Wildman–Crippen MR) is 92.7 cm³/mol. The number of hydrogen-bond donors (Lipinski definition) is 2. The fraction of sp³-hybridized carbons (Fsp3) is 0.357. The second kappa shape index (κ2) is 7.52. The van der Waals surface area contributed by atoms with Gasteiger partial charge in [0.05, 0.1) is 19.6 Å². The number of hydrogen-bond acceptors (Lipinski definition) is 5. The molecule has 1 aromatic heterocycles. The summed E-state index contributed by atoms with van der Waals surface area (Å²) in [5.41, 5.74) is 0.857. The van der Waals surface area contributed by atoms with Gasteiger partial charge < -0.3 is 10.6 Å². The summed E-state index contributed by atoms with van der Waals surface area (Å²) in [6.07, 6.45) is 1.65. The summed E-state index contributed by atoms with van der Waals surface area (Å²) in [5, 5.41) is 10.7. The smallest absolute Gasteiger partial charge is 0.191 e. The summed E-state index contributed by atoms with van der Waals surface area (Å²) < 4.78 is 14.8. The fourth-order valence-electron chi connectivity index (χ4n) is 2.14. The molecule has 1 unspecified atom stereocenters. The van der Waals surface area contributed by atoms with Crippen LogP contribution in [-0.2, 0) is 13.1 Å². The van der Waals surface area contributed by atoms with Crippen LogP contribution in [0.3, 0.4) is 0 Å². The van der Waals surface area contributed by atoms with Crippen molar-refractivity contribution in [3.63, 3.8) is 0 Å². The van der Waals surface area contributed by atoms with Crippen LogP contribution in [0.1, 0.15) is 18.3 Å². The number of nitrogens with one attached hydrogen (secondary N) is 2. The van der Waals surface area contributed by atoms with Crippen molar-refractivity contribution in [2.24, 2.45) is 4.99 Å². The number of rotatable bonds is 4. The number of aliphatic imine (C=N–C) groups is 1. The molecule has 1 aliphatic rings. The third kappa shape index (κ3) is 4.39. The van der Waals surface area contributed by atoms with Crippen LogP contribution in [0.4, 0.5) is 4.39 Å². The number of benzene rings is 1. The normalized spacial score (nSPS) is 16.6. The number of aromatic nitrogens is 3. The van der Waals surface area contributed by atoms with Crippen LogP contribution in [0.5, 0.6) is 0 Å². The molecule has 0 fully saturated rings. The summed E-state index contributed by atoms with van der Waals surface area (Å²) in [5.74, 6) is 1.22. The monoisotopic (exact) mass is 416 g/mol. The molecule has 0 saturated heterocycles. The minimum atomic E-state index is -0.242. The average molecular weight is 416 g/mol. The van der Waals surface area contributed by atoms with Gasteiger partial charge in [-0.1, -0.05) is 12.1 Å². The van der Waals surface area contributed by atoms with E-state index in [1.54, 1.807) is 17.1 Å². The minimum Gasteiger partial charge on any atom is -0.352 e. The Hall–Kier alpha value is -1.71. The lowest BCUT2D eigenvalue weighted by Crippen LogP contribution is -2.37. The van der Waals surface area contributed by atoms with Gasteiger partial charge in [-0.25, -0.2) is 14.1 Å². The molecule has 6 nitrogen and oxygen atoms in total. The van der Waals surface area contributed by atoms with Crippen LogP contribution in [0.15, 0.2) is 35.6 Å². The molecule has 22 heavy (non-hydrogen) atoms. The Morgan fingerprint density at radius 1 is 1.45 bits per heavy atom. The molecule has 2 aromatic rings. The molecule has 0 spiro atoms. The molecule has 2 N–H and O–H groups in total. The molecule has 0 amide bonds. The first-order chi connectivity index (χ1) is 10.2. The highest BCUT2D eigenvalue weighted by molar-refractivity contribution is 14.0. The average Bonchev–Trinajstić information content (AvgIpc) is 3.06. The van der Waals surface area contributed by atoms with Gasteiger partial charge in [-0.2, -0.15) is 5.10 Å². The first kappa shape index (κ1) is 16.7. The molecule has 1 atom stereocenters. The fourth-order valence-corrected chi connectivity index (χ4v) is 2.14. The van der Waals surface area contributed by atoms with Crippen molar-refractivity contribution in [2.75, 3.05) is 6.54 Å². The summed E-state index contributed by atoms with van der Waals surface area (Å²) in [6.45, 7) is 3.86. The Bertz CT molecular complexity index is 656. The maximum absolute atomic E-state index is 13.1. The predicted octanol–water partition coefficient (Wildman–Crippen LogP) is 1.52.